The Morgan fingerprint density at radius 2 is 1.50 bits per heavy atom. The molecule has 26 heavy (non-hydrogen) atoms. The number of carbonyl (C=O) groups excluding carboxylic acids is 1. The first-order chi connectivity index (χ1) is 12.7. The molecule has 0 bridgehead atoms. The summed E-state index contributed by atoms with van der Waals surface area (Å²) < 4.78 is 0. The molecule has 1 heterocycles. The standard InChI is InChI=1S/C22H25N3O/c1-3-15-24(16-4-2)22-23-20(17-18-11-7-5-8-12-18)21(26)25(22)19-13-9-6-10-14-19/h5-14,17H,3-4,15-16H2,1-2H3/b20-17+. The summed E-state index contributed by atoms with van der Waals surface area (Å²) >= 11 is 0. The molecule has 0 saturated carbocycles. The van der Waals surface area contributed by atoms with E-state index >= 15 is 0 Å². The minimum atomic E-state index is -0.0766. The van der Waals surface area contributed by atoms with Crippen molar-refractivity contribution in [3.05, 3.63) is 71.9 Å². The number of amides is 1. The van der Waals surface area contributed by atoms with Crippen LogP contribution >= 0.6 is 0 Å². The number of guanidine groups is 1. The second kappa shape index (κ2) is 8.48. The van der Waals surface area contributed by atoms with Crippen molar-refractivity contribution < 1.29 is 4.79 Å². The van der Waals surface area contributed by atoms with Crippen LogP contribution in [0.3, 0.4) is 0 Å². The summed E-state index contributed by atoms with van der Waals surface area (Å²) in [5, 5.41) is 0. The SMILES string of the molecule is CCCN(CCC)C1=N/C(=C/c2ccccc2)C(=O)N1c1ccccc1. The highest BCUT2D eigenvalue weighted by molar-refractivity contribution is 6.28. The highest BCUT2D eigenvalue weighted by Gasteiger charge is 2.34. The fourth-order valence-electron chi connectivity index (χ4n) is 3.09. The molecule has 0 saturated heterocycles. The summed E-state index contributed by atoms with van der Waals surface area (Å²) in [5.41, 5.74) is 2.31. The van der Waals surface area contributed by atoms with E-state index in [2.05, 4.69) is 18.7 Å². The fraction of sp³-hybridized carbons (Fsp3) is 0.273. The summed E-state index contributed by atoms with van der Waals surface area (Å²) in [6.07, 6.45) is 3.88. The minimum Gasteiger partial charge on any atom is -0.342 e. The van der Waals surface area contributed by atoms with Crippen molar-refractivity contribution in [1.82, 2.24) is 4.90 Å². The van der Waals surface area contributed by atoms with Crippen LogP contribution in [-0.4, -0.2) is 29.9 Å². The van der Waals surface area contributed by atoms with Crippen molar-refractivity contribution >= 4 is 23.6 Å². The normalized spacial score (nSPS) is 15.5. The molecule has 0 radical (unpaired) electrons. The Morgan fingerprint density at radius 1 is 0.923 bits per heavy atom. The maximum atomic E-state index is 13.2. The molecule has 1 amide bonds. The molecule has 3 rings (SSSR count). The van der Waals surface area contributed by atoms with Crippen molar-refractivity contribution in [1.29, 1.82) is 0 Å². The smallest absolute Gasteiger partial charge is 0.283 e. The first-order valence-corrected chi connectivity index (χ1v) is 9.24. The van der Waals surface area contributed by atoms with Gasteiger partial charge in [-0.05, 0) is 36.6 Å². The van der Waals surface area contributed by atoms with E-state index in [0.29, 0.717) is 5.70 Å². The zero-order valence-corrected chi connectivity index (χ0v) is 15.4. The topological polar surface area (TPSA) is 35.9 Å². The van der Waals surface area contributed by atoms with Gasteiger partial charge in [-0.2, -0.15) is 0 Å². The third kappa shape index (κ3) is 3.85. The van der Waals surface area contributed by atoms with Gasteiger partial charge in [0, 0.05) is 13.1 Å². The van der Waals surface area contributed by atoms with Crippen LogP contribution in [0.4, 0.5) is 5.69 Å². The Kier molecular flexibility index (Phi) is 5.84. The van der Waals surface area contributed by atoms with Crippen LogP contribution in [0.1, 0.15) is 32.3 Å². The summed E-state index contributed by atoms with van der Waals surface area (Å²) in [5.74, 6) is 0.652. The summed E-state index contributed by atoms with van der Waals surface area (Å²) in [4.78, 5) is 21.8. The van der Waals surface area contributed by atoms with E-state index in [1.165, 1.54) is 0 Å². The minimum absolute atomic E-state index is 0.0766. The molecule has 2 aromatic carbocycles. The molecule has 0 aliphatic carbocycles. The van der Waals surface area contributed by atoms with Crippen LogP contribution in [0.5, 0.6) is 0 Å². The molecule has 0 unspecified atom stereocenters. The molecule has 134 valence electrons. The Morgan fingerprint density at radius 3 is 2.08 bits per heavy atom. The molecule has 0 atom stereocenters. The zero-order valence-electron chi connectivity index (χ0n) is 15.4. The summed E-state index contributed by atoms with van der Waals surface area (Å²) in [6, 6.07) is 19.6. The third-order valence-electron chi connectivity index (χ3n) is 4.23. The maximum Gasteiger partial charge on any atom is 0.283 e. The van der Waals surface area contributed by atoms with E-state index in [9.17, 15) is 4.79 Å². The Labute approximate surface area is 155 Å². The molecule has 0 spiro atoms. The number of para-hydroxylation sites is 1. The predicted octanol–water partition coefficient (Wildman–Crippen LogP) is 4.55. The van der Waals surface area contributed by atoms with Crippen molar-refractivity contribution in [2.24, 2.45) is 4.99 Å². The lowest BCUT2D eigenvalue weighted by Gasteiger charge is -2.29. The van der Waals surface area contributed by atoms with Crippen LogP contribution in [0, 0.1) is 0 Å². The van der Waals surface area contributed by atoms with Crippen LogP contribution < -0.4 is 4.90 Å². The van der Waals surface area contributed by atoms with Crippen molar-refractivity contribution in [2.75, 3.05) is 18.0 Å². The van der Waals surface area contributed by atoms with E-state index in [-0.39, 0.29) is 5.91 Å². The number of hydrogen-bond acceptors (Lipinski definition) is 3. The molecule has 1 aliphatic rings. The average molecular weight is 347 g/mol. The molecule has 0 N–H and O–H groups in total. The van der Waals surface area contributed by atoms with Crippen LogP contribution in [0.15, 0.2) is 71.4 Å². The lowest BCUT2D eigenvalue weighted by molar-refractivity contribution is -0.113. The molecule has 0 aromatic heterocycles. The van der Waals surface area contributed by atoms with Crippen molar-refractivity contribution in [3.63, 3.8) is 0 Å². The molecule has 1 aliphatic heterocycles. The molecule has 4 heteroatoms. The van der Waals surface area contributed by atoms with E-state index in [0.717, 1.165) is 43.1 Å². The number of carbonyl (C=O) groups is 1. The van der Waals surface area contributed by atoms with Gasteiger partial charge in [0.2, 0.25) is 5.96 Å². The largest absolute Gasteiger partial charge is 0.342 e. The number of nitrogens with zero attached hydrogens (tertiary/aromatic N) is 3. The summed E-state index contributed by atoms with van der Waals surface area (Å²) in [6.45, 7) is 6.05. The monoisotopic (exact) mass is 347 g/mol. The zero-order chi connectivity index (χ0) is 18.4. The summed E-state index contributed by atoms with van der Waals surface area (Å²) in [7, 11) is 0. The van der Waals surface area contributed by atoms with E-state index in [1.807, 2.05) is 66.7 Å². The first kappa shape index (κ1) is 17.9. The molecule has 2 aromatic rings. The highest BCUT2D eigenvalue weighted by atomic mass is 16.2. The predicted molar refractivity (Wildman–Crippen MR) is 108 cm³/mol. The lowest BCUT2D eigenvalue weighted by atomic mass is 10.2. The number of hydrogen-bond donors (Lipinski definition) is 0. The van der Waals surface area contributed by atoms with Gasteiger partial charge in [-0.15, -0.1) is 0 Å². The van der Waals surface area contributed by atoms with Gasteiger partial charge in [0.25, 0.3) is 5.91 Å². The average Bonchev–Trinajstić information content (AvgIpc) is 2.99. The van der Waals surface area contributed by atoms with Crippen molar-refractivity contribution in [2.45, 2.75) is 26.7 Å². The Balaban J connectivity index is 2.03. The second-order valence-electron chi connectivity index (χ2n) is 6.32. The quantitative estimate of drug-likeness (QED) is 0.719. The van der Waals surface area contributed by atoms with Gasteiger partial charge in [0.1, 0.15) is 5.70 Å². The van der Waals surface area contributed by atoms with Crippen LogP contribution in [-0.2, 0) is 4.79 Å². The molecular weight excluding hydrogens is 322 g/mol. The second-order valence-corrected chi connectivity index (χ2v) is 6.32. The van der Waals surface area contributed by atoms with Crippen molar-refractivity contribution in [3.8, 4) is 0 Å². The van der Waals surface area contributed by atoms with Gasteiger partial charge in [-0.3, -0.25) is 4.79 Å². The number of aliphatic imine (C=N–C) groups is 1. The van der Waals surface area contributed by atoms with Gasteiger partial charge in [-0.1, -0.05) is 62.4 Å². The van der Waals surface area contributed by atoms with Gasteiger partial charge < -0.3 is 4.90 Å². The highest BCUT2D eigenvalue weighted by Crippen LogP contribution is 2.26. The number of benzene rings is 2. The molecule has 4 nitrogen and oxygen atoms in total. The molecular formula is C22H25N3O. The van der Waals surface area contributed by atoms with Gasteiger partial charge >= 0.3 is 0 Å². The lowest BCUT2D eigenvalue weighted by Crippen LogP contribution is -2.44. The third-order valence-corrected chi connectivity index (χ3v) is 4.23. The van der Waals surface area contributed by atoms with Crippen LogP contribution in [0.25, 0.3) is 6.08 Å². The van der Waals surface area contributed by atoms with E-state index in [4.69, 9.17) is 4.99 Å². The Hall–Kier alpha value is -2.88. The molecule has 0 fully saturated rings. The number of rotatable bonds is 6. The van der Waals surface area contributed by atoms with Gasteiger partial charge in [0.15, 0.2) is 0 Å². The number of anilines is 1. The maximum absolute atomic E-state index is 13.2. The Bertz CT molecular complexity index is 791. The fourth-order valence-corrected chi connectivity index (χ4v) is 3.09. The first-order valence-electron chi connectivity index (χ1n) is 9.24. The van der Waals surface area contributed by atoms with Gasteiger partial charge in [0.05, 0.1) is 5.69 Å². The van der Waals surface area contributed by atoms with Crippen LogP contribution in [0.2, 0.25) is 0 Å². The van der Waals surface area contributed by atoms with E-state index < -0.39 is 0 Å². The van der Waals surface area contributed by atoms with E-state index in [1.54, 1.807) is 4.90 Å². The van der Waals surface area contributed by atoms with Gasteiger partial charge in [-0.25, -0.2) is 9.89 Å².